The maximum absolute atomic E-state index is 11.5. The monoisotopic (exact) mass is 395 g/mol. The van der Waals surface area contributed by atoms with E-state index in [-0.39, 0.29) is 18.8 Å². The lowest BCUT2D eigenvalue weighted by Crippen LogP contribution is -2.34. The molecule has 106 valence electrons. The van der Waals surface area contributed by atoms with Crippen molar-refractivity contribution in [3.8, 4) is 11.5 Å². The number of halogens is 2. The minimum atomic E-state index is -0.766. The fraction of sp³-hybridized carbons (Fsp3) is 0.417. The predicted octanol–water partition coefficient (Wildman–Crippen LogP) is 2.36. The number of hydrogen-bond donors (Lipinski definition) is 2. The van der Waals surface area contributed by atoms with Crippen LogP contribution in [0.2, 0.25) is 0 Å². The summed E-state index contributed by atoms with van der Waals surface area (Å²) in [5, 5.41) is 9.81. The standard InChI is InChI=1S/C12H15Br2NO4/c1-3-19-12(17)7(15)4-6-5-8(18-2)11(16)10(14)9(6)13/h5,7,16H,3-4,15H2,1-2H3. The van der Waals surface area contributed by atoms with Crippen LogP contribution < -0.4 is 10.5 Å². The molecular formula is C12H15Br2NO4. The highest BCUT2D eigenvalue weighted by molar-refractivity contribution is 9.13. The number of rotatable bonds is 5. The summed E-state index contributed by atoms with van der Waals surface area (Å²) in [6, 6.07) is 0.862. The normalized spacial score (nSPS) is 12.1. The van der Waals surface area contributed by atoms with Crippen LogP contribution in [0.3, 0.4) is 0 Å². The van der Waals surface area contributed by atoms with Gasteiger partial charge in [0.25, 0.3) is 0 Å². The Hall–Kier alpha value is -0.790. The fourth-order valence-electron chi connectivity index (χ4n) is 1.52. The van der Waals surface area contributed by atoms with Crippen LogP contribution in [-0.2, 0) is 16.0 Å². The molecular weight excluding hydrogens is 382 g/mol. The quantitative estimate of drug-likeness (QED) is 0.746. The topological polar surface area (TPSA) is 81.8 Å². The summed E-state index contributed by atoms with van der Waals surface area (Å²) >= 11 is 6.59. The molecule has 0 saturated carbocycles. The number of methoxy groups -OCH3 is 1. The highest BCUT2D eigenvalue weighted by Gasteiger charge is 2.20. The number of phenolic OH excluding ortho intramolecular Hbond substituents is 1. The van der Waals surface area contributed by atoms with Crippen molar-refractivity contribution in [3.05, 3.63) is 20.6 Å². The zero-order chi connectivity index (χ0) is 14.6. The Morgan fingerprint density at radius 2 is 2.11 bits per heavy atom. The third-order valence-corrected chi connectivity index (χ3v) is 4.68. The number of hydrogen-bond acceptors (Lipinski definition) is 5. The summed E-state index contributed by atoms with van der Waals surface area (Å²) in [6.45, 7) is 2.01. The minimum absolute atomic E-state index is 0.0113. The van der Waals surface area contributed by atoms with Gasteiger partial charge in [0.1, 0.15) is 6.04 Å². The Morgan fingerprint density at radius 1 is 1.47 bits per heavy atom. The minimum Gasteiger partial charge on any atom is -0.503 e. The second-order valence-electron chi connectivity index (χ2n) is 3.78. The first kappa shape index (κ1) is 16.3. The van der Waals surface area contributed by atoms with Gasteiger partial charge in [-0.2, -0.15) is 0 Å². The van der Waals surface area contributed by atoms with Crippen LogP contribution in [0.25, 0.3) is 0 Å². The first-order valence-electron chi connectivity index (χ1n) is 5.58. The molecule has 0 spiro atoms. The maximum atomic E-state index is 11.5. The van der Waals surface area contributed by atoms with E-state index in [2.05, 4.69) is 31.9 Å². The van der Waals surface area contributed by atoms with Gasteiger partial charge in [0.05, 0.1) is 18.2 Å². The zero-order valence-corrected chi connectivity index (χ0v) is 13.7. The second-order valence-corrected chi connectivity index (χ2v) is 5.36. The van der Waals surface area contributed by atoms with Gasteiger partial charge in [-0.15, -0.1) is 0 Å². The molecule has 1 unspecified atom stereocenters. The average molecular weight is 397 g/mol. The van der Waals surface area contributed by atoms with Gasteiger partial charge in [0.2, 0.25) is 0 Å². The lowest BCUT2D eigenvalue weighted by Gasteiger charge is -2.15. The Balaban J connectivity index is 3.01. The van der Waals surface area contributed by atoms with Crippen LogP contribution in [0.5, 0.6) is 11.5 Å². The molecule has 0 aromatic heterocycles. The van der Waals surface area contributed by atoms with Crippen molar-refractivity contribution >= 4 is 37.8 Å². The number of phenols is 1. The first-order chi connectivity index (χ1) is 8.92. The van der Waals surface area contributed by atoms with Crippen molar-refractivity contribution in [2.45, 2.75) is 19.4 Å². The lowest BCUT2D eigenvalue weighted by molar-refractivity contribution is -0.144. The van der Waals surface area contributed by atoms with Crippen LogP contribution in [0.1, 0.15) is 12.5 Å². The molecule has 1 atom stereocenters. The van der Waals surface area contributed by atoms with E-state index in [9.17, 15) is 9.90 Å². The molecule has 0 aliphatic carbocycles. The number of esters is 1. The molecule has 19 heavy (non-hydrogen) atoms. The SMILES string of the molecule is CCOC(=O)C(N)Cc1cc(OC)c(O)c(Br)c1Br. The molecule has 0 heterocycles. The van der Waals surface area contributed by atoms with Gasteiger partial charge in [-0.05, 0) is 56.8 Å². The third-order valence-electron chi connectivity index (χ3n) is 2.47. The van der Waals surface area contributed by atoms with Crippen molar-refractivity contribution in [3.63, 3.8) is 0 Å². The molecule has 7 heteroatoms. The summed E-state index contributed by atoms with van der Waals surface area (Å²) in [6.07, 6.45) is 0.272. The molecule has 0 bridgehead atoms. The van der Waals surface area contributed by atoms with E-state index < -0.39 is 12.0 Å². The zero-order valence-electron chi connectivity index (χ0n) is 10.6. The summed E-state index contributed by atoms with van der Waals surface area (Å²) in [7, 11) is 1.45. The van der Waals surface area contributed by atoms with Crippen molar-refractivity contribution < 1.29 is 19.4 Å². The Kier molecular flexibility index (Phi) is 6.09. The molecule has 0 radical (unpaired) electrons. The van der Waals surface area contributed by atoms with Crippen molar-refractivity contribution in [1.29, 1.82) is 0 Å². The Bertz CT molecular complexity index is 479. The van der Waals surface area contributed by atoms with E-state index in [1.54, 1.807) is 13.0 Å². The van der Waals surface area contributed by atoms with Crippen molar-refractivity contribution in [2.75, 3.05) is 13.7 Å². The van der Waals surface area contributed by atoms with Gasteiger partial charge in [-0.1, -0.05) is 0 Å². The van der Waals surface area contributed by atoms with E-state index in [1.807, 2.05) is 0 Å². The number of aromatic hydroxyl groups is 1. The molecule has 1 rings (SSSR count). The molecule has 0 saturated heterocycles. The van der Waals surface area contributed by atoms with Gasteiger partial charge in [-0.3, -0.25) is 4.79 Å². The van der Waals surface area contributed by atoms with Crippen molar-refractivity contribution in [1.82, 2.24) is 0 Å². The number of carbonyl (C=O) groups is 1. The van der Waals surface area contributed by atoms with Gasteiger partial charge in [0, 0.05) is 4.47 Å². The van der Waals surface area contributed by atoms with E-state index in [0.29, 0.717) is 14.7 Å². The summed E-state index contributed by atoms with van der Waals surface area (Å²) in [4.78, 5) is 11.5. The number of benzene rings is 1. The molecule has 1 aromatic rings. The van der Waals surface area contributed by atoms with Gasteiger partial charge < -0.3 is 20.3 Å². The maximum Gasteiger partial charge on any atom is 0.323 e. The summed E-state index contributed by atoms with van der Waals surface area (Å²) < 4.78 is 11.0. The van der Waals surface area contributed by atoms with Crippen molar-refractivity contribution in [2.24, 2.45) is 5.73 Å². The van der Waals surface area contributed by atoms with E-state index in [1.165, 1.54) is 7.11 Å². The number of nitrogens with two attached hydrogens (primary N) is 1. The molecule has 3 N–H and O–H groups in total. The lowest BCUT2D eigenvalue weighted by atomic mass is 10.1. The Morgan fingerprint density at radius 3 is 2.63 bits per heavy atom. The molecule has 0 aliphatic rings. The smallest absolute Gasteiger partial charge is 0.323 e. The summed E-state index contributed by atoms with van der Waals surface area (Å²) in [5.74, 6) is -0.165. The molecule has 0 fully saturated rings. The predicted molar refractivity (Wildman–Crippen MR) is 78.4 cm³/mol. The van der Waals surface area contributed by atoms with Gasteiger partial charge in [-0.25, -0.2) is 0 Å². The molecule has 5 nitrogen and oxygen atoms in total. The largest absolute Gasteiger partial charge is 0.503 e. The average Bonchev–Trinajstić information content (AvgIpc) is 2.39. The van der Waals surface area contributed by atoms with Crippen LogP contribution in [-0.4, -0.2) is 30.8 Å². The first-order valence-corrected chi connectivity index (χ1v) is 7.17. The number of ether oxygens (including phenoxy) is 2. The second kappa shape index (κ2) is 7.12. The third kappa shape index (κ3) is 3.84. The number of carbonyl (C=O) groups excluding carboxylic acids is 1. The van der Waals surface area contributed by atoms with Crippen LogP contribution >= 0.6 is 31.9 Å². The van der Waals surface area contributed by atoms with Crippen LogP contribution in [0, 0.1) is 0 Å². The molecule has 0 amide bonds. The van der Waals surface area contributed by atoms with Gasteiger partial charge in [0.15, 0.2) is 11.5 Å². The highest BCUT2D eigenvalue weighted by atomic mass is 79.9. The van der Waals surface area contributed by atoms with E-state index in [0.717, 1.165) is 5.56 Å². The fourth-order valence-corrected chi connectivity index (χ4v) is 2.43. The van der Waals surface area contributed by atoms with Crippen LogP contribution in [0.4, 0.5) is 0 Å². The highest BCUT2D eigenvalue weighted by Crippen LogP contribution is 2.41. The molecule has 1 aromatic carbocycles. The van der Waals surface area contributed by atoms with Crippen LogP contribution in [0.15, 0.2) is 15.0 Å². The van der Waals surface area contributed by atoms with E-state index in [4.69, 9.17) is 15.2 Å². The van der Waals surface area contributed by atoms with Gasteiger partial charge >= 0.3 is 5.97 Å². The Labute approximate surface area is 128 Å². The van der Waals surface area contributed by atoms with E-state index >= 15 is 0 Å². The molecule has 0 aliphatic heterocycles. The summed E-state index contributed by atoms with van der Waals surface area (Å²) in [5.41, 5.74) is 6.51.